The average molecular weight is 191 g/mol. The van der Waals surface area contributed by atoms with Gasteiger partial charge in [0.15, 0.2) is 0 Å². The monoisotopic (exact) mass is 191 g/mol. The van der Waals surface area contributed by atoms with Gasteiger partial charge in [0, 0.05) is 18.0 Å². The minimum absolute atomic E-state index is 0.848. The average Bonchev–Trinajstić information content (AvgIpc) is 2.28. The summed E-state index contributed by atoms with van der Waals surface area (Å²) >= 11 is 0. The standard InChI is InChI=1S/C13H10BN/c14-11-3-4-12-10(7-11)2-1-9-5-6-15-8-13(9)12/h3-8H,1-2H2. The van der Waals surface area contributed by atoms with E-state index in [9.17, 15) is 0 Å². The second-order valence-electron chi connectivity index (χ2n) is 3.95. The molecule has 0 spiro atoms. The van der Waals surface area contributed by atoms with E-state index < -0.39 is 0 Å². The van der Waals surface area contributed by atoms with Crippen LogP contribution < -0.4 is 5.46 Å². The number of aromatic nitrogens is 1. The molecule has 1 aromatic carbocycles. The van der Waals surface area contributed by atoms with Gasteiger partial charge in [0.25, 0.3) is 0 Å². The van der Waals surface area contributed by atoms with Crippen molar-refractivity contribution in [2.24, 2.45) is 0 Å². The van der Waals surface area contributed by atoms with Crippen molar-refractivity contribution in [1.82, 2.24) is 4.98 Å². The maximum Gasteiger partial charge on any atom is 0.113 e. The van der Waals surface area contributed by atoms with E-state index in [0.29, 0.717) is 0 Å². The van der Waals surface area contributed by atoms with Gasteiger partial charge < -0.3 is 0 Å². The van der Waals surface area contributed by atoms with Crippen LogP contribution in [0.15, 0.2) is 36.7 Å². The van der Waals surface area contributed by atoms with E-state index >= 15 is 0 Å². The highest BCUT2D eigenvalue weighted by atomic mass is 14.6. The van der Waals surface area contributed by atoms with Crippen molar-refractivity contribution in [3.8, 4) is 11.1 Å². The Labute approximate surface area is 90.6 Å². The fraction of sp³-hybridized carbons (Fsp3) is 0.154. The molecule has 0 saturated heterocycles. The summed E-state index contributed by atoms with van der Waals surface area (Å²) in [6.45, 7) is 0. The lowest BCUT2D eigenvalue weighted by atomic mass is 9.83. The Morgan fingerprint density at radius 3 is 2.80 bits per heavy atom. The lowest BCUT2D eigenvalue weighted by Crippen LogP contribution is -2.09. The summed E-state index contributed by atoms with van der Waals surface area (Å²) < 4.78 is 0. The molecule has 1 heterocycles. The number of nitrogens with zero attached hydrogens (tertiary/aromatic N) is 1. The molecule has 1 nitrogen and oxygen atoms in total. The van der Waals surface area contributed by atoms with Crippen LogP contribution in [0.1, 0.15) is 11.1 Å². The van der Waals surface area contributed by atoms with Gasteiger partial charge in [0.05, 0.1) is 0 Å². The second-order valence-corrected chi connectivity index (χ2v) is 3.95. The number of pyridine rings is 1. The molecule has 0 aliphatic heterocycles. The van der Waals surface area contributed by atoms with Crippen LogP contribution >= 0.6 is 0 Å². The van der Waals surface area contributed by atoms with Gasteiger partial charge in [-0.25, -0.2) is 0 Å². The van der Waals surface area contributed by atoms with E-state index in [1.807, 2.05) is 18.5 Å². The minimum atomic E-state index is 0.848. The maximum absolute atomic E-state index is 5.79. The molecule has 15 heavy (non-hydrogen) atoms. The summed E-state index contributed by atoms with van der Waals surface area (Å²) in [5.74, 6) is 0. The molecule has 0 unspecified atom stereocenters. The molecule has 1 aliphatic rings. The Hall–Kier alpha value is -1.57. The van der Waals surface area contributed by atoms with Crippen molar-refractivity contribution in [1.29, 1.82) is 0 Å². The van der Waals surface area contributed by atoms with Crippen LogP contribution in [0.3, 0.4) is 0 Å². The zero-order chi connectivity index (χ0) is 10.3. The zero-order valence-electron chi connectivity index (χ0n) is 8.40. The summed E-state index contributed by atoms with van der Waals surface area (Å²) in [5, 5.41) is 0. The Morgan fingerprint density at radius 1 is 1.00 bits per heavy atom. The van der Waals surface area contributed by atoms with Gasteiger partial charge in [0.2, 0.25) is 0 Å². The van der Waals surface area contributed by atoms with E-state index in [0.717, 1.165) is 18.3 Å². The molecule has 70 valence electrons. The van der Waals surface area contributed by atoms with Crippen LogP contribution in [0.25, 0.3) is 11.1 Å². The number of aryl methyl sites for hydroxylation is 2. The first-order valence-electron chi connectivity index (χ1n) is 5.16. The highest BCUT2D eigenvalue weighted by Crippen LogP contribution is 2.31. The summed E-state index contributed by atoms with van der Waals surface area (Å²) in [7, 11) is 5.79. The molecule has 1 aliphatic carbocycles. The third kappa shape index (κ3) is 1.37. The van der Waals surface area contributed by atoms with Crippen molar-refractivity contribution in [3.05, 3.63) is 47.8 Å². The van der Waals surface area contributed by atoms with Gasteiger partial charge in [0.1, 0.15) is 7.85 Å². The molecule has 0 atom stereocenters. The molecule has 2 aromatic rings. The van der Waals surface area contributed by atoms with Gasteiger partial charge in [-0.3, -0.25) is 4.98 Å². The van der Waals surface area contributed by atoms with Crippen LogP contribution in [0.4, 0.5) is 0 Å². The van der Waals surface area contributed by atoms with Crippen molar-refractivity contribution in [2.75, 3.05) is 0 Å². The molecular formula is C13H10BN. The summed E-state index contributed by atoms with van der Waals surface area (Å²) in [6, 6.07) is 8.24. The minimum Gasteiger partial charge on any atom is -0.264 e. The van der Waals surface area contributed by atoms with Gasteiger partial charge in [-0.2, -0.15) is 0 Å². The van der Waals surface area contributed by atoms with Gasteiger partial charge in [-0.1, -0.05) is 23.7 Å². The van der Waals surface area contributed by atoms with Crippen molar-refractivity contribution < 1.29 is 0 Å². The largest absolute Gasteiger partial charge is 0.264 e. The first kappa shape index (κ1) is 8.72. The Balaban J connectivity index is 2.26. The third-order valence-corrected chi connectivity index (χ3v) is 2.99. The maximum atomic E-state index is 5.79. The number of hydrogen-bond acceptors (Lipinski definition) is 1. The smallest absolute Gasteiger partial charge is 0.113 e. The Morgan fingerprint density at radius 2 is 1.87 bits per heavy atom. The Bertz CT molecular complexity index is 520. The highest BCUT2D eigenvalue weighted by Gasteiger charge is 2.15. The third-order valence-electron chi connectivity index (χ3n) is 2.99. The van der Waals surface area contributed by atoms with Crippen LogP contribution in [-0.4, -0.2) is 12.8 Å². The molecule has 0 bridgehead atoms. The predicted molar refractivity (Wildman–Crippen MR) is 62.5 cm³/mol. The summed E-state index contributed by atoms with van der Waals surface area (Å²) in [5.41, 5.74) is 6.14. The van der Waals surface area contributed by atoms with Crippen molar-refractivity contribution in [2.45, 2.75) is 12.8 Å². The molecule has 0 saturated carbocycles. The molecule has 2 radical (unpaired) electrons. The molecule has 0 N–H and O–H groups in total. The van der Waals surface area contributed by atoms with Gasteiger partial charge in [-0.15, -0.1) is 0 Å². The highest BCUT2D eigenvalue weighted by molar-refractivity contribution is 6.32. The fourth-order valence-electron chi connectivity index (χ4n) is 2.24. The number of benzene rings is 1. The SMILES string of the molecule is [B]c1ccc2c(c1)CCc1ccncc1-2. The van der Waals surface area contributed by atoms with Crippen LogP contribution in [0, 0.1) is 0 Å². The lowest BCUT2D eigenvalue weighted by Gasteiger charge is -2.19. The van der Waals surface area contributed by atoms with E-state index in [2.05, 4.69) is 23.2 Å². The number of rotatable bonds is 0. The van der Waals surface area contributed by atoms with E-state index in [-0.39, 0.29) is 0 Å². The molecular weight excluding hydrogens is 181 g/mol. The molecule has 0 fully saturated rings. The molecule has 0 amide bonds. The van der Waals surface area contributed by atoms with Gasteiger partial charge >= 0.3 is 0 Å². The van der Waals surface area contributed by atoms with Crippen LogP contribution in [0.2, 0.25) is 0 Å². The lowest BCUT2D eigenvalue weighted by molar-refractivity contribution is 0.937. The van der Waals surface area contributed by atoms with Gasteiger partial charge in [-0.05, 0) is 35.6 Å². The fourth-order valence-corrected chi connectivity index (χ4v) is 2.24. The van der Waals surface area contributed by atoms with Crippen molar-refractivity contribution in [3.63, 3.8) is 0 Å². The first-order chi connectivity index (χ1) is 7.34. The molecule has 2 heteroatoms. The summed E-state index contributed by atoms with van der Waals surface area (Å²) in [6.07, 6.45) is 5.98. The molecule has 3 rings (SSSR count). The zero-order valence-corrected chi connectivity index (χ0v) is 8.40. The van der Waals surface area contributed by atoms with E-state index in [1.54, 1.807) is 0 Å². The first-order valence-corrected chi connectivity index (χ1v) is 5.16. The number of hydrogen-bond donors (Lipinski definition) is 0. The topological polar surface area (TPSA) is 12.9 Å². The quantitative estimate of drug-likeness (QED) is 0.577. The van der Waals surface area contributed by atoms with E-state index in [4.69, 9.17) is 7.85 Å². The summed E-state index contributed by atoms with van der Waals surface area (Å²) in [4.78, 5) is 4.19. The Kier molecular flexibility index (Phi) is 1.88. The van der Waals surface area contributed by atoms with Crippen molar-refractivity contribution >= 4 is 13.3 Å². The van der Waals surface area contributed by atoms with E-state index in [1.165, 1.54) is 22.3 Å². The van der Waals surface area contributed by atoms with Crippen LogP contribution in [-0.2, 0) is 12.8 Å². The predicted octanol–water partition coefficient (Wildman–Crippen LogP) is 1.64. The molecule has 1 aromatic heterocycles. The van der Waals surface area contributed by atoms with Crippen LogP contribution in [0.5, 0.6) is 0 Å². The second kappa shape index (κ2) is 3.23. The normalized spacial score (nSPS) is 13.1. The number of fused-ring (bicyclic) bond motifs is 3.